The van der Waals surface area contributed by atoms with Crippen molar-refractivity contribution in [3.63, 3.8) is 0 Å². The fourth-order valence-electron chi connectivity index (χ4n) is 6.04. The minimum Gasteiger partial charge on any atom is -0.508 e. The van der Waals surface area contributed by atoms with Crippen LogP contribution in [0.15, 0.2) is 85.2 Å². The zero-order chi connectivity index (χ0) is 29.4. The molecular weight excluding hydrogens is 550 g/mol. The lowest BCUT2D eigenvalue weighted by Gasteiger charge is -2.50. The molecule has 0 saturated carbocycles. The highest BCUT2D eigenvalue weighted by atomic mass is 16.7. The van der Waals surface area contributed by atoms with Gasteiger partial charge >= 0.3 is 0 Å². The van der Waals surface area contributed by atoms with Gasteiger partial charge in [-0.3, -0.25) is 14.6 Å². The molecule has 1 N–H and O–H groups in total. The van der Waals surface area contributed by atoms with E-state index in [1.165, 1.54) is 6.20 Å². The van der Waals surface area contributed by atoms with Gasteiger partial charge in [0, 0.05) is 44.9 Å². The summed E-state index contributed by atoms with van der Waals surface area (Å²) in [5.41, 5.74) is 1.63. The first-order chi connectivity index (χ1) is 21.0. The number of phenols is 1. The van der Waals surface area contributed by atoms with Crippen molar-refractivity contribution in [2.24, 2.45) is 0 Å². The highest BCUT2D eigenvalue weighted by Crippen LogP contribution is 2.39. The number of benzene rings is 3. The predicted molar refractivity (Wildman–Crippen MR) is 154 cm³/mol. The number of nitrogens with zero attached hydrogens (tertiary/aromatic N) is 3. The number of piperazine rings is 1. The zero-order valence-corrected chi connectivity index (χ0v) is 23.3. The molecule has 43 heavy (non-hydrogen) atoms. The van der Waals surface area contributed by atoms with Gasteiger partial charge in [0.15, 0.2) is 23.0 Å². The molecular formula is C33H29N3O7. The van der Waals surface area contributed by atoms with Gasteiger partial charge < -0.3 is 33.9 Å². The van der Waals surface area contributed by atoms with E-state index in [-0.39, 0.29) is 44.0 Å². The Morgan fingerprint density at radius 2 is 1.40 bits per heavy atom. The number of fused-ring (bicyclic) bond motifs is 2. The van der Waals surface area contributed by atoms with Crippen LogP contribution in [-0.2, 0) is 24.2 Å². The van der Waals surface area contributed by atoms with Crippen LogP contribution < -0.4 is 18.9 Å². The van der Waals surface area contributed by atoms with Crippen molar-refractivity contribution in [3.05, 3.63) is 107 Å². The second-order valence-corrected chi connectivity index (χ2v) is 10.9. The van der Waals surface area contributed by atoms with Crippen molar-refractivity contribution < 1.29 is 33.6 Å². The Balaban J connectivity index is 1.34. The van der Waals surface area contributed by atoms with Gasteiger partial charge in [0.2, 0.25) is 19.5 Å². The summed E-state index contributed by atoms with van der Waals surface area (Å²) in [5.74, 6) is 2.19. The number of aromatic nitrogens is 1. The van der Waals surface area contributed by atoms with E-state index in [1.807, 2.05) is 36.4 Å². The number of rotatable bonds is 7. The Labute approximate surface area is 248 Å². The first kappa shape index (κ1) is 26.6. The van der Waals surface area contributed by atoms with Crippen LogP contribution in [0.1, 0.15) is 27.0 Å². The van der Waals surface area contributed by atoms with Gasteiger partial charge in [-0.15, -0.1) is 0 Å². The maximum absolute atomic E-state index is 14.9. The largest absolute Gasteiger partial charge is 0.508 e. The van der Waals surface area contributed by atoms with Crippen LogP contribution in [0, 0.1) is 0 Å². The second kappa shape index (κ2) is 10.9. The van der Waals surface area contributed by atoms with Crippen LogP contribution >= 0.6 is 0 Å². The average Bonchev–Trinajstić information content (AvgIpc) is 3.70. The first-order valence-corrected chi connectivity index (χ1v) is 14.0. The lowest BCUT2D eigenvalue weighted by Crippen LogP contribution is -2.69. The maximum atomic E-state index is 14.9. The van der Waals surface area contributed by atoms with Gasteiger partial charge in [-0.25, -0.2) is 0 Å². The van der Waals surface area contributed by atoms with E-state index in [1.54, 1.807) is 52.4 Å². The third-order valence-electron chi connectivity index (χ3n) is 8.13. The maximum Gasteiger partial charge on any atom is 0.256 e. The number of pyridine rings is 1. The van der Waals surface area contributed by atoms with E-state index in [2.05, 4.69) is 4.98 Å². The van der Waals surface area contributed by atoms with Crippen LogP contribution in [0.2, 0.25) is 0 Å². The summed E-state index contributed by atoms with van der Waals surface area (Å²) >= 11 is 0. The second-order valence-electron chi connectivity index (χ2n) is 10.9. The highest BCUT2D eigenvalue weighted by molar-refractivity contribution is 6.00. The van der Waals surface area contributed by atoms with E-state index in [4.69, 9.17) is 18.9 Å². The van der Waals surface area contributed by atoms with Gasteiger partial charge in [0.05, 0.1) is 5.56 Å². The van der Waals surface area contributed by atoms with Crippen LogP contribution in [0.3, 0.4) is 0 Å². The Bertz CT molecular complexity index is 1620. The summed E-state index contributed by atoms with van der Waals surface area (Å²) in [5, 5.41) is 9.80. The third-order valence-corrected chi connectivity index (χ3v) is 8.13. The summed E-state index contributed by atoms with van der Waals surface area (Å²) in [7, 11) is 0. The Morgan fingerprint density at radius 1 is 0.791 bits per heavy atom. The van der Waals surface area contributed by atoms with Gasteiger partial charge in [-0.1, -0.05) is 24.3 Å². The summed E-state index contributed by atoms with van der Waals surface area (Å²) in [6, 6.07) is 21.5. The molecule has 10 nitrogen and oxygen atoms in total. The van der Waals surface area contributed by atoms with Crippen molar-refractivity contribution >= 4 is 11.8 Å². The lowest BCUT2D eigenvalue weighted by molar-refractivity contribution is -0.149. The van der Waals surface area contributed by atoms with Gasteiger partial charge in [0.25, 0.3) is 5.91 Å². The number of aromatic hydroxyl groups is 1. The number of carbonyl (C=O) groups excluding carboxylic acids is 2. The van der Waals surface area contributed by atoms with E-state index in [0.29, 0.717) is 48.2 Å². The molecule has 3 aliphatic rings. The van der Waals surface area contributed by atoms with E-state index >= 15 is 0 Å². The van der Waals surface area contributed by atoms with Crippen LogP contribution in [0.4, 0.5) is 0 Å². The summed E-state index contributed by atoms with van der Waals surface area (Å²) in [4.78, 5) is 36.8. The summed E-state index contributed by atoms with van der Waals surface area (Å²) in [6.07, 6.45) is 3.61. The number of amides is 2. The number of hydrogen-bond acceptors (Lipinski definition) is 8. The number of hydrogen-bond donors (Lipinski definition) is 1. The molecule has 0 aliphatic carbocycles. The fourth-order valence-corrected chi connectivity index (χ4v) is 6.04. The van der Waals surface area contributed by atoms with Crippen molar-refractivity contribution in [3.8, 4) is 28.7 Å². The lowest BCUT2D eigenvalue weighted by atomic mass is 9.79. The molecule has 10 heteroatoms. The molecule has 1 saturated heterocycles. The summed E-state index contributed by atoms with van der Waals surface area (Å²) in [6.45, 7) is 1.25. The standard InChI is InChI=1S/C33H29N3O7/c37-26-7-3-22(4-8-26)19-35-12-13-36(31(38)25-2-1-11-34-18-25)33(32(35)39,16-23-5-9-27-29(14-23)42-20-40-27)17-24-6-10-28-30(15-24)43-21-41-28/h1-11,14-15,18,37H,12-13,16-17,19-21H2. The zero-order valence-electron chi connectivity index (χ0n) is 23.3. The molecule has 0 bridgehead atoms. The molecule has 4 heterocycles. The predicted octanol–water partition coefficient (Wildman–Crippen LogP) is 3.95. The molecule has 0 radical (unpaired) electrons. The summed E-state index contributed by atoms with van der Waals surface area (Å²) < 4.78 is 22.4. The minimum atomic E-state index is -1.30. The Hall–Kier alpha value is -5.25. The van der Waals surface area contributed by atoms with Crippen LogP contribution in [0.25, 0.3) is 0 Å². The molecule has 218 valence electrons. The Kier molecular flexibility index (Phi) is 6.73. The number of ether oxygens (including phenoxy) is 4. The van der Waals surface area contributed by atoms with Crippen molar-refractivity contribution in [2.45, 2.75) is 24.9 Å². The first-order valence-electron chi connectivity index (χ1n) is 14.0. The fraction of sp³-hybridized carbons (Fsp3) is 0.242. The SMILES string of the molecule is O=C(c1cccnc1)N1CCN(Cc2ccc(O)cc2)C(=O)C1(Cc1ccc2c(c1)OCO2)Cc1ccc2c(c1)OCO2. The average molecular weight is 580 g/mol. The number of carbonyl (C=O) groups is 2. The highest BCUT2D eigenvalue weighted by Gasteiger charge is 2.51. The molecule has 0 spiro atoms. The van der Waals surface area contributed by atoms with E-state index < -0.39 is 5.54 Å². The van der Waals surface area contributed by atoms with Gasteiger partial charge in [-0.05, 0) is 65.2 Å². The Morgan fingerprint density at radius 3 is 2.00 bits per heavy atom. The topological polar surface area (TPSA) is 111 Å². The van der Waals surface area contributed by atoms with Crippen molar-refractivity contribution in [1.82, 2.24) is 14.8 Å². The molecule has 7 rings (SSSR count). The molecule has 1 aromatic heterocycles. The molecule has 3 aliphatic heterocycles. The molecule has 0 atom stereocenters. The minimum absolute atomic E-state index is 0.131. The molecule has 4 aromatic rings. The van der Waals surface area contributed by atoms with Crippen molar-refractivity contribution in [2.75, 3.05) is 26.7 Å². The van der Waals surface area contributed by atoms with E-state index in [0.717, 1.165) is 16.7 Å². The molecule has 1 fully saturated rings. The van der Waals surface area contributed by atoms with Crippen LogP contribution in [-0.4, -0.2) is 63.9 Å². The third kappa shape index (κ3) is 5.05. The molecule has 3 aromatic carbocycles. The normalized spacial score (nSPS) is 16.4. The monoisotopic (exact) mass is 579 g/mol. The van der Waals surface area contributed by atoms with Gasteiger partial charge in [-0.2, -0.15) is 0 Å². The van der Waals surface area contributed by atoms with Gasteiger partial charge in [0.1, 0.15) is 11.3 Å². The molecule has 0 unspecified atom stereocenters. The van der Waals surface area contributed by atoms with E-state index in [9.17, 15) is 14.7 Å². The van der Waals surface area contributed by atoms with Crippen molar-refractivity contribution in [1.29, 1.82) is 0 Å². The smallest absolute Gasteiger partial charge is 0.256 e. The quantitative estimate of drug-likeness (QED) is 0.351. The van der Waals surface area contributed by atoms with Crippen LogP contribution in [0.5, 0.6) is 28.7 Å². The number of phenolic OH excluding ortho intramolecular Hbond substituents is 1. The molecule has 2 amide bonds.